The Balaban J connectivity index is 1.59. The largest absolute Gasteiger partial charge is 0.406 e. The van der Waals surface area contributed by atoms with Gasteiger partial charge in [0.2, 0.25) is 0 Å². The fourth-order valence-electron chi connectivity index (χ4n) is 4.65. The number of carbonyl (C=O) groups is 1. The fraction of sp³-hybridized carbons (Fsp3) is 0.462. The Kier molecular flexibility index (Phi) is 7.75. The molecule has 0 spiro atoms. The zero-order chi connectivity index (χ0) is 27.7. The summed E-state index contributed by atoms with van der Waals surface area (Å²) in [6.07, 6.45) is -1.26. The molecule has 0 radical (unpaired) electrons. The van der Waals surface area contributed by atoms with Crippen LogP contribution in [-0.4, -0.2) is 60.6 Å². The number of nitrogens with zero attached hydrogens (tertiary/aromatic N) is 5. The molecule has 2 N–H and O–H groups in total. The number of likely N-dealkylation sites (tertiary alicyclic amines) is 1. The second-order valence-corrected chi connectivity index (χ2v) is 10.4. The van der Waals surface area contributed by atoms with Crippen LogP contribution in [0.15, 0.2) is 47.7 Å². The summed E-state index contributed by atoms with van der Waals surface area (Å²) in [5.74, 6) is -0.00511. The van der Waals surface area contributed by atoms with Crippen LogP contribution < -0.4 is 10.9 Å². The first-order chi connectivity index (χ1) is 17.8. The molecule has 1 atom stereocenters. The normalized spacial score (nSPS) is 16.7. The van der Waals surface area contributed by atoms with Gasteiger partial charge in [0.25, 0.3) is 11.5 Å². The van der Waals surface area contributed by atoms with Gasteiger partial charge in [-0.1, -0.05) is 26.0 Å². The number of aliphatic hydroxyl groups excluding tert-OH is 1. The van der Waals surface area contributed by atoms with Crippen molar-refractivity contribution in [2.45, 2.75) is 57.5 Å². The molecule has 0 aliphatic carbocycles. The van der Waals surface area contributed by atoms with Gasteiger partial charge in [0, 0.05) is 45.0 Å². The molecule has 0 bridgehead atoms. The summed E-state index contributed by atoms with van der Waals surface area (Å²) in [6, 6.07) is 8.44. The molecule has 12 heteroatoms. The van der Waals surface area contributed by atoms with Crippen molar-refractivity contribution in [3.63, 3.8) is 0 Å². The van der Waals surface area contributed by atoms with Crippen LogP contribution in [0.4, 0.5) is 18.9 Å². The van der Waals surface area contributed by atoms with Crippen LogP contribution in [0.5, 0.6) is 0 Å². The van der Waals surface area contributed by atoms with Crippen LogP contribution in [0.2, 0.25) is 0 Å². The SMILES string of the molecule is Cn1cnnc1CC(C)(C)c1cccc(NC(=O)c2cc(CN3CC[C@H](O)C3)cn(CC(F)(F)F)c2=O)c1. The van der Waals surface area contributed by atoms with Crippen LogP contribution in [0.3, 0.4) is 0 Å². The van der Waals surface area contributed by atoms with E-state index in [9.17, 15) is 27.9 Å². The molecule has 1 saturated heterocycles. The van der Waals surface area contributed by atoms with Gasteiger partial charge in [-0.2, -0.15) is 13.2 Å². The quantitative estimate of drug-likeness (QED) is 0.462. The number of amides is 1. The minimum absolute atomic E-state index is 0.210. The molecule has 0 unspecified atom stereocenters. The maximum atomic E-state index is 13.2. The van der Waals surface area contributed by atoms with Gasteiger partial charge in [0.15, 0.2) is 0 Å². The van der Waals surface area contributed by atoms with Crippen molar-refractivity contribution >= 4 is 11.6 Å². The van der Waals surface area contributed by atoms with E-state index in [0.717, 1.165) is 17.6 Å². The van der Waals surface area contributed by atoms with Crippen LogP contribution in [0.25, 0.3) is 0 Å². The average Bonchev–Trinajstić information content (AvgIpc) is 3.42. The van der Waals surface area contributed by atoms with Crippen LogP contribution in [-0.2, 0) is 32.0 Å². The van der Waals surface area contributed by atoms with Crippen LogP contribution >= 0.6 is 0 Å². The predicted molar refractivity (Wildman–Crippen MR) is 135 cm³/mol. The minimum atomic E-state index is -4.64. The van der Waals surface area contributed by atoms with E-state index in [1.807, 2.05) is 36.4 Å². The number of hydrogen-bond acceptors (Lipinski definition) is 6. The number of β-amino-alcohol motifs (C(OH)–C–C–N with tert-alkyl or cyclic N) is 1. The molecule has 3 heterocycles. The van der Waals surface area contributed by atoms with Crippen molar-refractivity contribution in [1.29, 1.82) is 0 Å². The number of pyridine rings is 1. The lowest BCUT2D eigenvalue weighted by molar-refractivity contribution is -0.141. The molecular weight excluding hydrogens is 501 g/mol. The van der Waals surface area contributed by atoms with Gasteiger partial charge in [-0.05, 0) is 41.2 Å². The number of nitrogens with one attached hydrogen (secondary N) is 1. The monoisotopic (exact) mass is 532 g/mol. The van der Waals surface area contributed by atoms with Crippen molar-refractivity contribution in [1.82, 2.24) is 24.2 Å². The number of rotatable bonds is 8. The maximum absolute atomic E-state index is 13.2. The number of alkyl halides is 3. The maximum Gasteiger partial charge on any atom is 0.406 e. The van der Waals surface area contributed by atoms with Gasteiger partial charge >= 0.3 is 6.18 Å². The molecule has 1 aliphatic rings. The molecule has 0 saturated carbocycles. The molecule has 9 nitrogen and oxygen atoms in total. The topological polar surface area (TPSA) is 105 Å². The Morgan fingerprint density at radius 2 is 2.00 bits per heavy atom. The van der Waals surface area contributed by atoms with Crippen LogP contribution in [0.1, 0.15) is 47.6 Å². The summed E-state index contributed by atoms with van der Waals surface area (Å²) in [7, 11) is 1.85. The van der Waals surface area contributed by atoms with Gasteiger partial charge in [-0.25, -0.2) is 0 Å². The summed E-state index contributed by atoms with van der Waals surface area (Å²) < 4.78 is 41.9. The highest BCUT2D eigenvalue weighted by atomic mass is 19.4. The van der Waals surface area contributed by atoms with E-state index in [1.165, 1.54) is 6.07 Å². The number of halogens is 3. The molecule has 38 heavy (non-hydrogen) atoms. The highest BCUT2D eigenvalue weighted by Crippen LogP contribution is 2.29. The van der Waals surface area contributed by atoms with Gasteiger partial charge in [0.1, 0.15) is 24.3 Å². The van der Waals surface area contributed by atoms with Crippen molar-refractivity contribution in [3.05, 3.63) is 75.7 Å². The Hall–Kier alpha value is -3.51. The molecule has 2 aromatic heterocycles. The third kappa shape index (κ3) is 6.67. The molecule has 1 amide bonds. The zero-order valence-corrected chi connectivity index (χ0v) is 21.5. The third-order valence-electron chi connectivity index (χ3n) is 6.70. The Bertz CT molecular complexity index is 1360. The van der Waals surface area contributed by atoms with Crippen molar-refractivity contribution in [2.24, 2.45) is 7.05 Å². The number of aryl methyl sites for hydroxylation is 1. The second kappa shape index (κ2) is 10.7. The number of aromatic nitrogens is 4. The summed E-state index contributed by atoms with van der Waals surface area (Å²) in [4.78, 5) is 27.9. The molecule has 4 rings (SSSR count). The van der Waals surface area contributed by atoms with E-state index in [4.69, 9.17) is 0 Å². The lowest BCUT2D eigenvalue weighted by Crippen LogP contribution is -2.34. The van der Waals surface area contributed by atoms with E-state index < -0.39 is 30.3 Å². The van der Waals surface area contributed by atoms with E-state index in [2.05, 4.69) is 15.5 Å². The minimum Gasteiger partial charge on any atom is -0.392 e. The van der Waals surface area contributed by atoms with Gasteiger partial charge < -0.3 is 19.6 Å². The number of carbonyl (C=O) groups excluding carboxylic acids is 1. The van der Waals surface area contributed by atoms with E-state index in [-0.39, 0.29) is 17.5 Å². The Morgan fingerprint density at radius 3 is 2.63 bits per heavy atom. The smallest absolute Gasteiger partial charge is 0.392 e. The molecule has 3 aromatic rings. The number of anilines is 1. The molecule has 204 valence electrons. The van der Waals surface area contributed by atoms with Crippen molar-refractivity contribution < 1.29 is 23.1 Å². The van der Waals surface area contributed by atoms with E-state index in [0.29, 0.717) is 41.7 Å². The lowest BCUT2D eigenvalue weighted by atomic mass is 9.81. The summed E-state index contributed by atoms with van der Waals surface area (Å²) >= 11 is 0. The number of hydrogen-bond donors (Lipinski definition) is 2. The summed E-state index contributed by atoms with van der Waals surface area (Å²) in [5, 5.41) is 20.5. The highest BCUT2D eigenvalue weighted by Gasteiger charge is 2.30. The molecule has 1 fully saturated rings. The first-order valence-electron chi connectivity index (χ1n) is 12.3. The highest BCUT2D eigenvalue weighted by molar-refractivity contribution is 6.04. The van der Waals surface area contributed by atoms with Crippen molar-refractivity contribution in [2.75, 3.05) is 18.4 Å². The summed E-state index contributed by atoms with van der Waals surface area (Å²) in [6.45, 7) is 3.69. The van der Waals surface area contributed by atoms with Crippen molar-refractivity contribution in [3.8, 4) is 0 Å². The van der Waals surface area contributed by atoms with Crippen LogP contribution in [0, 0.1) is 0 Å². The number of aliphatic hydroxyl groups is 1. The standard InChI is InChI=1S/C26H31F3N6O3/c1-25(2,11-22-32-30-16-33(22)3)18-5-4-6-19(10-18)31-23(37)21-9-17(12-34-8-7-20(36)14-34)13-35(24(21)38)15-26(27,28)29/h4-6,9-10,13,16,20,36H,7-8,11-12,14-15H2,1-3H3,(H,31,37)/t20-/m0/s1. The zero-order valence-electron chi connectivity index (χ0n) is 21.5. The summed E-state index contributed by atoms with van der Waals surface area (Å²) in [5.41, 5.74) is -0.0885. The van der Waals surface area contributed by atoms with E-state index in [1.54, 1.807) is 24.5 Å². The molecular formula is C26H31F3N6O3. The average molecular weight is 533 g/mol. The third-order valence-corrected chi connectivity index (χ3v) is 6.70. The molecule has 1 aromatic carbocycles. The molecule has 1 aliphatic heterocycles. The lowest BCUT2D eigenvalue weighted by Gasteiger charge is -2.25. The Labute approximate surface area is 217 Å². The predicted octanol–water partition coefficient (Wildman–Crippen LogP) is 2.88. The first-order valence-corrected chi connectivity index (χ1v) is 12.3. The van der Waals surface area contributed by atoms with E-state index >= 15 is 0 Å². The van der Waals surface area contributed by atoms with Gasteiger partial charge in [0.05, 0.1) is 6.10 Å². The van der Waals surface area contributed by atoms with Gasteiger partial charge in [-0.15, -0.1) is 10.2 Å². The van der Waals surface area contributed by atoms with Gasteiger partial charge in [-0.3, -0.25) is 14.5 Å². The second-order valence-electron chi connectivity index (χ2n) is 10.4. The Morgan fingerprint density at radius 1 is 1.24 bits per heavy atom. The first kappa shape index (κ1) is 27.5. The number of benzene rings is 1. The fourth-order valence-corrected chi connectivity index (χ4v) is 4.65.